The maximum absolute atomic E-state index is 11.2. The summed E-state index contributed by atoms with van der Waals surface area (Å²) < 4.78 is 4.76. The third-order valence-electron chi connectivity index (χ3n) is 2.17. The zero-order valence-electron chi connectivity index (χ0n) is 7.80. The van der Waals surface area contributed by atoms with Gasteiger partial charge in [0.1, 0.15) is 18.4 Å². The fourth-order valence-electron chi connectivity index (χ4n) is 1.41. The summed E-state index contributed by atoms with van der Waals surface area (Å²) in [5, 5.41) is 18.0. The lowest BCUT2D eigenvalue weighted by Crippen LogP contribution is -2.23. The molecule has 0 unspecified atom stereocenters. The summed E-state index contributed by atoms with van der Waals surface area (Å²) in [4.78, 5) is 12.6. The minimum Gasteiger partial charge on any atom is -0.506 e. The number of ether oxygens (including phenoxy) is 1. The van der Waals surface area contributed by atoms with Crippen LogP contribution in [0.5, 0.6) is 5.75 Å². The van der Waals surface area contributed by atoms with E-state index in [1.54, 1.807) is 6.07 Å². The average molecular weight is 204 g/mol. The summed E-state index contributed by atoms with van der Waals surface area (Å²) in [6, 6.07) is 6.29. The lowest BCUT2D eigenvalue weighted by atomic mass is 10.2. The number of amides is 1. The highest BCUT2D eigenvalue weighted by Gasteiger charge is 2.23. The number of hydrogen-bond acceptors (Lipinski definition) is 4. The molecule has 1 saturated heterocycles. The molecule has 1 aromatic rings. The molecule has 0 aliphatic carbocycles. The Balaban J connectivity index is 2.34. The first-order chi connectivity index (χ1) is 7.22. The SMILES string of the molecule is N#Cc1ccc(N2CCOC2=O)cc1O. The first-order valence-electron chi connectivity index (χ1n) is 4.40. The predicted octanol–water partition coefficient (Wildman–Crippen LogP) is 1.22. The average Bonchev–Trinajstić information content (AvgIpc) is 2.64. The number of phenolic OH excluding ortho intramolecular Hbond substituents is 1. The number of rotatable bonds is 1. The lowest BCUT2D eigenvalue weighted by molar-refractivity contribution is 0.181. The van der Waals surface area contributed by atoms with Gasteiger partial charge in [-0.25, -0.2) is 4.79 Å². The highest BCUT2D eigenvalue weighted by molar-refractivity contribution is 5.89. The molecular weight excluding hydrogens is 196 g/mol. The Morgan fingerprint density at radius 1 is 1.53 bits per heavy atom. The van der Waals surface area contributed by atoms with Crippen LogP contribution in [0.4, 0.5) is 10.5 Å². The van der Waals surface area contributed by atoms with Gasteiger partial charge in [0.2, 0.25) is 0 Å². The zero-order valence-corrected chi connectivity index (χ0v) is 7.80. The number of carbonyl (C=O) groups excluding carboxylic acids is 1. The summed E-state index contributed by atoms with van der Waals surface area (Å²) in [6.45, 7) is 0.809. The number of nitrogens with zero attached hydrogens (tertiary/aromatic N) is 2. The van der Waals surface area contributed by atoms with Crippen molar-refractivity contribution in [2.24, 2.45) is 0 Å². The molecule has 1 heterocycles. The van der Waals surface area contributed by atoms with Crippen molar-refractivity contribution < 1.29 is 14.6 Å². The molecule has 0 aromatic heterocycles. The summed E-state index contributed by atoms with van der Waals surface area (Å²) in [6.07, 6.45) is -0.431. The van der Waals surface area contributed by atoms with E-state index in [0.717, 1.165) is 0 Å². The van der Waals surface area contributed by atoms with Crippen LogP contribution in [-0.4, -0.2) is 24.4 Å². The maximum atomic E-state index is 11.2. The molecule has 1 N–H and O–H groups in total. The van der Waals surface area contributed by atoms with Crippen LogP contribution in [0.2, 0.25) is 0 Å². The van der Waals surface area contributed by atoms with Crippen LogP contribution >= 0.6 is 0 Å². The fraction of sp³-hybridized carbons (Fsp3) is 0.200. The van der Waals surface area contributed by atoms with Gasteiger partial charge in [-0.3, -0.25) is 4.90 Å². The van der Waals surface area contributed by atoms with Crippen LogP contribution in [0.3, 0.4) is 0 Å². The number of phenols is 1. The van der Waals surface area contributed by atoms with E-state index >= 15 is 0 Å². The van der Waals surface area contributed by atoms with Gasteiger partial charge in [0.15, 0.2) is 0 Å². The van der Waals surface area contributed by atoms with Gasteiger partial charge in [-0.1, -0.05) is 0 Å². The molecule has 0 radical (unpaired) electrons. The first kappa shape index (κ1) is 9.34. The Bertz CT molecular complexity index is 450. The van der Waals surface area contributed by atoms with Gasteiger partial charge in [0, 0.05) is 6.07 Å². The van der Waals surface area contributed by atoms with E-state index in [4.69, 9.17) is 10.00 Å². The van der Waals surface area contributed by atoms with Crippen molar-refractivity contribution in [3.8, 4) is 11.8 Å². The number of cyclic esters (lactones) is 1. The molecule has 1 aliphatic rings. The van der Waals surface area contributed by atoms with Gasteiger partial charge in [0.25, 0.3) is 0 Å². The molecule has 2 rings (SSSR count). The molecule has 5 nitrogen and oxygen atoms in total. The van der Waals surface area contributed by atoms with Crippen LogP contribution in [-0.2, 0) is 4.74 Å². The highest BCUT2D eigenvalue weighted by atomic mass is 16.6. The second kappa shape index (κ2) is 3.50. The van der Waals surface area contributed by atoms with Gasteiger partial charge in [-0.2, -0.15) is 5.26 Å². The second-order valence-corrected chi connectivity index (χ2v) is 3.08. The number of carbonyl (C=O) groups is 1. The molecule has 76 valence electrons. The fourth-order valence-corrected chi connectivity index (χ4v) is 1.41. The van der Waals surface area contributed by atoms with Gasteiger partial charge < -0.3 is 9.84 Å². The summed E-state index contributed by atoms with van der Waals surface area (Å²) in [5.74, 6) is -0.130. The molecule has 0 spiro atoms. The van der Waals surface area contributed by atoms with E-state index in [-0.39, 0.29) is 11.3 Å². The van der Waals surface area contributed by atoms with Crippen molar-refractivity contribution in [1.29, 1.82) is 5.26 Å². The summed E-state index contributed by atoms with van der Waals surface area (Å²) >= 11 is 0. The lowest BCUT2D eigenvalue weighted by Gasteiger charge is -2.12. The Morgan fingerprint density at radius 3 is 2.87 bits per heavy atom. The number of aromatic hydroxyl groups is 1. The molecule has 1 fully saturated rings. The van der Waals surface area contributed by atoms with Crippen LogP contribution in [0.25, 0.3) is 0 Å². The standard InChI is InChI=1S/C10H8N2O3/c11-6-7-1-2-8(5-9(7)13)12-3-4-15-10(12)14/h1-2,5,13H,3-4H2. The highest BCUT2D eigenvalue weighted by Crippen LogP contribution is 2.25. The number of anilines is 1. The van der Waals surface area contributed by atoms with Gasteiger partial charge >= 0.3 is 6.09 Å². The van der Waals surface area contributed by atoms with Gasteiger partial charge in [-0.15, -0.1) is 0 Å². The Kier molecular flexibility index (Phi) is 2.18. The monoisotopic (exact) mass is 204 g/mol. The minimum atomic E-state index is -0.431. The Labute approximate surface area is 86.1 Å². The topological polar surface area (TPSA) is 73.6 Å². The number of nitriles is 1. The van der Waals surface area contributed by atoms with E-state index in [0.29, 0.717) is 18.8 Å². The molecule has 15 heavy (non-hydrogen) atoms. The molecular formula is C10H8N2O3. The Morgan fingerprint density at radius 2 is 2.33 bits per heavy atom. The number of hydrogen-bond donors (Lipinski definition) is 1. The molecule has 1 aliphatic heterocycles. The van der Waals surface area contributed by atoms with E-state index in [1.807, 2.05) is 6.07 Å². The van der Waals surface area contributed by atoms with Crippen LogP contribution < -0.4 is 4.90 Å². The molecule has 0 saturated carbocycles. The van der Waals surface area contributed by atoms with Crippen LogP contribution in [0.15, 0.2) is 18.2 Å². The third-order valence-corrected chi connectivity index (χ3v) is 2.17. The normalized spacial score (nSPS) is 14.9. The molecule has 1 aromatic carbocycles. The van der Waals surface area contributed by atoms with Crippen LogP contribution in [0.1, 0.15) is 5.56 Å². The first-order valence-corrected chi connectivity index (χ1v) is 4.40. The number of benzene rings is 1. The van der Waals surface area contributed by atoms with Crippen molar-refractivity contribution in [2.75, 3.05) is 18.1 Å². The van der Waals surface area contributed by atoms with Gasteiger partial charge in [0.05, 0.1) is 17.8 Å². The zero-order chi connectivity index (χ0) is 10.8. The van der Waals surface area contributed by atoms with E-state index < -0.39 is 6.09 Å². The molecule has 0 bridgehead atoms. The summed E-state index contributed by atoms with van der Waals surface area (Å²) in [5.41, 5.74) is 0.723. The summed E-state index contributed by atoms with van der Waals surface area (Å²) in [7, 11) is 0. The van der Waals surface area contributed by atoms with Crippen LogP contribution in [0, 0.1) is 11.3 Å². The van der Waals surface area contributed by atoms with Gasteiger partial charge in [-0.05, 0) is 12.1 Å². The van der Waals surface area contributed by atoms with Crippen molar-refractivity contribution in [1.82, 2.24) is 0 Å². The maximum Gasteiger partial charge on any atom is 0.414 e. The van der Waals surface area contributed by atoms with Crippen molar-refractivity contribution in [3.63, 3.8) is 0 Å². The Hall–Kier alpha value is -2.22. The largest absolute Gasteiger partial charge is 0.506 e. The second-order valence-electron chi connectivity index (χ2n) is 3.08. The minimum absolute atomic E-state index is 0.130. The smallest absolute Gasteiger partial charge is 0.414 e. The molecule has 5 heteroatoms. The third kappa shape index (κ3) is 1.57. The van der Waals surface area contributed by atoms with Crippen molar-refractivity contribution in [2.45, 2.75) is 0 Å². The van der Waals surface area contributed by atoms with E-state index in [9.17, 15) is 9.90 Å². The van der Waals surface area contributed by atoms with E-state index in [1.165, 1.54) is 17.0 Å². The quantitative estimate of drug-likeness (QED) is 0.746. The van der Waals surface area contributed by atoms with Crippen molar-refractivity contribution in [3.05, 3.63) is 23.8 Å². The predicted molar refractivity (Wildman–Crippen MR) is 51.5 cm³/mol. The molecule has 0 atom stereocenters. The van der Waals surface area contributed by atoms with E-state index in [2.05, 4.69) is 0 Å². The molecule has 1 amide bonds. The van der Waals surface area contributed by atoms with Crippen molar-refractivity contribution >= 4 is 11.8 Å².